The molecule has 1 aliphatic heterocycles. The van der Waals surface area contributed by atoms with E-state index in [2.05, 4.69) is 10.4 Å². The molecule has 0 unspecified atom stereocenters. The normalized spacial score (nSPS) is 16.2. The van der Waals surface area contributed by atoms with Gasteiger partial charge in [-0.3, -0.25) is 25.3 Å². The van der Waals surface area contributed by atoms with Crippen molar-refractivity contribution < 1.29 is 14.3 Å². The fourth-order valence-corrected chi connectivity index (χ4v) is 1.51. The van der Waals surface area contributed by atoms with Crippen LogP contribution in [0.2, 0.25) is 0 Å². The van der Waals surface area contributed by atoms with Gasteiger partial charge in [-0.05, 0) is 12.1 Å². The van der Waals surface area contributed by atoms with Crippen molar-refractivity contribution in [2.75, 3.05) is 18.6 Å². The zero-order valence-electron chi connectivity index (χ0n) is 9.05. The zero-order chi connectivity index (χ0) is 12.3. The van der Waals surface area contributed by atoms with E-state index in [0.29, 0.717) is 11.4 Å². The number of carbonyl (C=O) groups is 2. The molecule has 0 aliphatic carbocycles. The average Bonchev–Trinajstić information content (AvgIpc) is 2.34. The van der Waals surface area contributed by atoms with Crippen molar-refractivity contribution in [3.63, 3.8) is 0 Å². The Balaban J connectivity index is 2.13. The number of hydrogen-bond acceptors (Lipinski definition) is 6. The Morgan fingerprint density at radius 2 is 2.12 bits per heavy atom. The number of anilines is 1. The number of morpholine rings is 1. The van der Waals surface area contributed by atoms with E-state index in [0.717, 1.165) is 4.90 Å². The van der Waals surface area contributed by atoms with Gasteiger partial charge in [-0.25, -0.2) is 0 Å². The molecular weight excluding hydrogens is 224 g/mol. The van der Waals surface area contributed by atoms with Crippen LogP contribution in [-0.4, -0.2) is 34.9 Å². The number of nitrogens with two attached hydrogens (primary N) is 1. The van der Waals surface area contributed by atoms with E-state index in [1.807, 2.05) is 0 Å². The zero-order valence-corrected chi connectivity index (χ0v) is 9.05. The molecule has 0 atom stereocenters. The lowest BCUT2D eigenvalue weighted by Gasteiger charge is -2.24. The number of amides is 2. The summed E-state index contributed by atoms with van der Waals surface area (Å²) < 4.78 is 4.81. The molecule has 2 heterocycles. The second kappa shape index (κ2) is 4.89. The predicted octanol–water partition coefficient (Wildman–Crippen LogP) is -0.747. The van der Waals surface area contributed by atoms with Gasteiger partial charge in [-0.1, -0.05) is 0 Å². The smallest absolute Gasteiger partial charge is 0.255 e. The SMILES string of the molecule is NNc1ccnc(CN2C(=O)COCC2=O)c1. The summed E-state index contributed by atoms with van der Waals surface area (Å²) in [6.45, 7) is -0.00230. The summed E-state index contributed by atoms with van der Waals surface area (Å²) in [6, 6.07) is 3.36. The van der Waals surface area contributed by atoms with Crippen LogP contribution in [0.25, 0.3) is 0 Å². The first-order chi connectivity index (χ1) is 8.20. The van der Waals surface area contributed by atoms with Crippen LogP contribution in [-0.2, 0) is 20.9 Å². The average molecular weight is 236 g/mol. The third-order valence-electron chi connectivity index (χ3n) is 2.36. The number of aromatic nitrogens is 1. The highest BCUT2D eigenvalue weighted by Crippen LogP contribution is 2.11. The topological polar surface area (TPSA) is 97.6 Å². The Morgan fingerprint density at radius 1 is 1.41 bits per heavy atom. The Labute approximate surface area is 97.5 Å². The number of carbonyl (C=O) groups excluding carboxylic acids is 2. The summed E-state index contributed by atoms with van der Waals surface area (Å²) in [5, 5.41) is 0. The fourth-order valence-electron chi connectivity index (χ4n) is 1.51. The number of rotatable bonds is 3. The van der Waals surface area contributed by atoms with Crippen molar-refractivity contribution in [2.45, 2.75) is 6.54 Å². The number of hydrazine groups is 1. The largest absolute Gasteiger partial charge is 0.362 e. The quantitative estimate of drug-likeness (QED) is 0.407. The summed E-state index contributed by atoms with van der Waals surface area (Å²) in [6.07, 6.45) is 1.56. The Kier molecular flexibility index (Phi) is 3.31. The van der Waals surface area contributed by atoms with Gasteiger partial charge in [0.2, 0.25) is 0 Å². The van der Waals surface area contributed by atoms with E-state index in [-0.39, 0.29) is 31.6 Å². The standard InChI is InChI=1S/C10H12N4O3/c11-13-7-1-2-12-8(3-7)4-14-9(15)5-17-6-10(14)16/h1-3H,4-6,11H2,(H,12,13). The number of nitrogens with one attached hydrogen (secondary N) is 1. The molecule has 7 heteroatoms. The molecule has 2 amide bonds. The molecule has 0 aromatic carbocycles. The van der Waals surface area contributed by atoms with Crippen LogP contribution >= 0.6 is 0 Å². The summed E-state index contributed by atoms with van der Waals surface area (Å²) >= 11 is 0. The van der Waals surface area contributed by atoms with Crippen molar-refractivity contribution >= 4 is 17.5 Å². The molecule has 17 heavy (non-hydrogen) atoms. The Hall–Kier alpha value is -1.99. The van der Waals surface area contributed by atoms with Crippen molar-refractivity contribution in [3.05, 3.63) is 24.0 Å². The highest BCUT2D eigenvalue weighted by atomic mass is 16.5. The molecule has 0 saturated carbocycles. The van der Waals surface area contributed by atoms with E-state index in [1.54, 1.807) is 18.3 Å². The van der Waals surface area contributed by atoms with Gasteiger partial charge in [-0.2, -0.15) is 0 Å². The Bertz CT molecular complexity index is 433. The molecule has 3 N–H and O–H groups in total. The molecule has 1 aliphatic rings. The number of pyridine rings is 1. The van der Waals surface area contributed by atoms with Crippen LogP contribution in [0.15, 0.2) is 18.3 Å². The van der Waals surface area contributed by atoms with Gasteiger partial charge in [0.25, 0.3) is 11.8 Å². The number of hydrogen-bond donors (Lipinski definition) is 2. The number of nitrogens with zero attached hydrogens (tertiary/aromatic N) is 2. The molecule has 0 bridgehead atoms. The molecular formula is C10H12N4O3. The molecule has 0 radical (unpaired) electrons. The van der Waals surface area contributed by atoms with E-state index >= 15 is 0 Å². The van der Waals surface area contributed by atoms with Crippen LogP contribution < -0.4 is 11.3 Å². The molecule has 1 aromatic heterocycles. The van der Waals surface area contributed by atoms with Gasteiger partial charge >= 0.3 is 0 Å². The highest BCUT2D eigenvalue weighted by molar-refractivity contribution is 5.98. The summed E-state index contributed by atoms with van der Waals surface area (Å²) in [4.78, 5) is 28.1. The highest BCUT2D eigenvalue weighted by Gasteiger charge is 2.26. The Morgan fingerprint density at radius 3 is 2.76 bits per heavy atom. The minimum absolute atomic E-state index is 0.0689. The molecule has 1 aromatic rings. The van der Waals surface area contributed by atoms with E-state index in [1.165, 1.54) is 0 Å². The van der Waals surface area contributed by atoms with Gasteiger partial charge in [0.15, 0.2) is 0 Å². The van der Waals surface area contributed by atoms with Crippen LogP contribution in [0.1, 0.15) is 5.69 Å². The molecule has 0 spiro atoms. The fraction of sp³-hybridized carbons (Fsp3) is 0.300. The van der Waals surface area contributed by atoms with Gasteiger partial charge in [-0.15, -0.1) is 0 Å². The van der Waals surface area contributed by atoms with E-state index < -0.39 is 0 Å². The number of imide groups is 1. The summed E-state index contributed by atoms with van der Waals surface area (Å²) in [7, 11) is 0. The van der Waals surface area contributed by atoms with Gasteiger partial charge in [0, 0.05) is 6.20 Å². The molecule has 2 rings (SSSR count). The molecule has 1 fully saturated rings. The van der Waals surface area contributed by atoms with Gasteiger partial charge < -0.3 is 10.2 Å². The molecule has 7 nitrogen and oxygen atoms in total. The van der Waals surface area contributed by atoms with E-state index in [9.17, 15) is 9.59 Å². The van der Waals surface area contributed by atoms with Crippen LogP contribution in [0.5, 0.6) is 0 Å². The third-order valence-corrected chi connectivity index (χ3v) is 2.36. The minimum atomic E-state index is -0.353. The first-order valence-corrected chi connectivity index (χ1v) is 5.03. The number of ether oxygens (including phenoxy) is 1. The second-order valence-corrected chi connectivity index (χ2v) is 3.55. The van der Waals surface area contributed by atoms with Gasteiger partial charge in [0.05, 0.1) is 17.9 Å². The lowest BCUT2D eigenvalue weighted by Crippen LogP contribution is -2.45. The van der Waals surface area contributed by atoms with Crippen molar-refractivity contribution in [2.24, 2.45) is 5.84 Å². The van der Waals surface area contributed by atoms with Crippen molar-refractivity contribution in [3.8, 4) is 0 Å². The first kappa shape index (κ1) is 11.5. The summed E-state index contributed by atoms with van der Waals surface area (Å²) in [5.74, 6) is 4.56. The van der Waals surface area contributed by atoms with Crippen LogP contribution in [0.4, 0.5) is 5.69 Å². The third kappa shape index (κ3) is 2.58. The molecule has 1 saturated heterocycles. The van der Waals surface area contributed by atoms with Crippen LogP contribution in [0.3, 0.4) is 0 Å². The summed E-state index contributed by atoms with van der Waals surface area (Å²) in [5.41, 5.74) is 3.73. The molecule has 90 valence electrons. The predicted molar refractivity (Wildman–Crippen MR) is 58.4 cm³/mol. The monoisotopic (exact) mass is 236 g/mol. The maximum absolute atomic E-state index is 11.5. The van der Waals surface area contributed by atoms with E-state index in [4.69, 9.17) is 10.6 Å². The van der Waals surface area contributed by atoms with Crippen molar-refractivity contribution in [1.82, 2.24) is 9.88 Å². The number of nitrogen functional groups attached to an aromatic ring is 1. The van der Waals surface area contributed by atoms with Crippen LogP contribution in [0, 0.1) is 0 Å². The lowest BCUT2D eigenvalue weighted by molar-refractivity contribution is -0.159. The minimum Gasteiger partial charge on any atom is -0.362 e. The first-order valence-electron chi connectivity index (χ1n) is 5.03. The lowest BCUT2D eigenvalue weighted by atomic mass is 10.3. The second-order valence-electron chi connectivity index (χ2n) is 3.55. The van der Waals surface area contributed by atoms with Gasteiger partial charge in [0.1, 0.15) is 13.2 Å². The maximum atomic E-state index is 11.5. The maximum Gasteiger partial charge on any atom is 0.255 e. The van der Waals surface area contributed by atoms with Crippen molar-refractivity contribution in [1.29, 1.82) is 0 Å².